The Morgan fingerprint density at radius 1 is 1.32 bits per heavy atom. The number of hydrogen-bond acceptors (Lipinski definition) is 4. The average molecular weight is 265 g/mol. The van der Waals surface area contributed by atoms with Crippen molar-refractivity contribution >= 4 is 0 Å². The van der Waals surface area contributed by atoms with Crippen molar-refractivity contribution in [2.45, 2.75) is 31.7 Å². The highest BCUT2D eigenvalue weighted by Crippen LogP contribution is 2.10. The molecular formula is C15H23NO3. The number of aliphatic hydroxyl groups excluding tert-OH is 2. The number of hydrogen-bond donors (Lipinski definition) is 2. The van der Waals surface area contributed by atoms with Crippen LogP contribution in [0.15, 0.2) is 30.3 Å². The van der Waals surface area contributed by atoms with Gasteiger partial charge in [0.25, 0.3) is 0 Å². The van der Waals surface area contributed by atoms with E-state index >= 15 is 0 Å². The first-order valence-corrected chi connectivity index (χ1v) is 6.94. The van der Waals surface area contributed by atoms with Crippen LogP contribution in [-0.2, 0) is 11.3 Å². The van der Waals surface area contributed by atoms with Gasteiger partial charge in [0, 0.05) is 13.1 Å². The Bertz CT molecular complexity index is 358. The van der Waals surface area contributed by atoms with E-state index in [1.165, 1.54) is 0 Å². The first-order chi connectivity index (χ1) is 9.24. The van der Waals surface area contributed by atoms with Gasteiger partial charge in [-0.15, -0.1) is 0 Å². The molecule has 1 aliphatic heterocycles. The topological polar surface area (TPSA) is 52.9 Å². The van der Waals surface area contributed by atoms with E-state index in [0.717, 1.165) is 24.9 Å². The van der Waals surface area contributed by atoms with E-state index in [0.29, 0.717) is 26.3 Å². The van der Waals surface area contributed by atoms with Gasteiger partial charge in [-0.05, 0) is 24.9 Å². The van der Waals surface area contributed by atoms with Crippen LogP contribution < -0.4 is 0 Å². The van der Waals surface area contributed by atoms with Crippen LogP contribution in [-0.4, -0.2) is 53.6 Å². The fraction of sp³-hybridized carbons (Fsp3) is 0.600. The molecule has 0 spiro atoms. The van der Waals surface area contributed by atoms with Gasteiger partial charge in [-0.3, -0.25) is 4.90 Å². The Morgan fingerprint density at radius 2 is 2.11 bits per heavy atom. The number of benzene rings is 1. The maximum Gasteiger partial charge on any atom is 0.0900 e. The number of aliphatic hydroxyl groups is 2. The lowest BCUT2D eigenvalue weighted by atomic mass is 10.1. The zero-order chi connectivity index (χ0) is 13.5. The fourth-order valence-corrected chi connectivity index (χ4v) is 2.43. The zero-order valence-corrected chi connectivity index (χ0v) is 11.2. The molecule has 0 radical (unpaired) electrons. The van der Waals surface area contributed by atoms with Crippen molar-refractivity contribution in [1.29, 1.82) is 0 Å². The highest BCUT2D eigenvalue weighted by atomic mass is 16.5. The van der Waals surface area contributed by atoms with Crippen molar-refractivity contribution in [1.82, 2.24) is 4.90 Å². The molecule has 1 heterocycles. The molecule has 0 aromatic heterocycles. The van der Waals surface area contributed by atoms with E-state index in [1.807, 2.05) is 30.3 Å². The molecular weight excluding hydrogens is 242 g/mol. The van der Waals surface area contributed by atoms with Gasteiger partial charge in [-0.25, -0.2) is 0 Å². The summed E-state index contributed by atoms with van der Waals surface area (Å²) in [5.74, 6) is 0. The van der Waals surface area contributed by atoms with E-state index in [1.54, 1.807) is 0 Å². The third-order valence-corrected chi connectivity index (χ3v) is 3.37. The molecule has 1 aromatic rings. The highest BCUT2D eigenvalue weighted by Gasteiger charge is 2.19. The Labute approximate surface area is 114 Å². The predicted molar refractivity (Wildman–Crippen MR) is 73.8 cm³/mol. The van der Waals surface area contributed by atoms with E-state index in [9.17, 15) is 10.2 Å². The van der Waals surface area contributed by atoms with Crippen LogP contribution in [0.1, 0.15) is 18.4 Å². The van der Waals surface area contributed by atoms with Gasteiger partial charge in [0.15, 0.2) is 0 Å². The third-order valence-electron chi connectivity index (χ3n) is 3.37. The lowest BCUT2D eigenvalue weighted by Gasteiger charge is -2.31. The van der Waals surface area contributed by atoms with Crippen molar-refractivity contribution in [2.24, 2.45) is 0 Å². The monoisotopic (exact) mass is 265 g/mol. The van der Waals surface area contributed by atoms with Crippen LogP contribution in [0, 0.1) is 0 Å². The predicted octanol–water partition coefficient (Wildman–Crippen LogP) is 1.02. The normalized spacial score (nSPS) is 22.3. The molecule has 1 unspecified atom stereocenters. The molecule has 2 atom stereocenters. The van der Waals surface area contributed by atoms with Gasteiger partial charge >= 0.3 is 0 Å². The van der Waals surface area contributed by atoms with E-state index in [2.05, 4.69) is 4.90 Å². The summed E-state index contributed by atoms with van der Waals surface area (Å²) in [7, 11) is 0. The maximum atomic E-state index is 9.92. The SMILES string of the molecule is OC(COCc1ccccc1)CN1CCC[C@H](O)C1. The van der Waals surface area contributed by atoms with Gasteiger partial charge in [-0.2, -0.15) is 0 Å². The molecule has 2 N–H and O–H groups in total. The molecule has 0 aliphatic carbocycles. The van der Waals surface area contributed by atoms with Crippen molar-refractivity contribution in [3.63, 3.8) is 0 Å². The average Bonchev–Trinajstić information content (AvgIpc) is 2.40. The van der Waals surface area contributed by atoms with Crippen molar-refractivity contribution in [2.75, 3.05) is 26.2 Å². The van der Waals surface area contributed by atoms with Crippen LogP contribution >= 0.6 is 0 Å². The van der Waals surface area contributed by atoms with Crippen molar-refractivity contribution in [3.8, 4) is 0 Å². The molecule has 1 aromatic carbocycles. The second-order valence-corrected chi connectivity index (χ2v) is 5.21. The molecule has 0 saturated carbocycles. The first kappa shape index (κ1) is 14.5. The quantitative estimate of drug-likeness (QED) is 0.806. The van der Waals surface area contributed by atoms with E-state index < -0.39 is 6.10 Å². The number of likely N-dealkylation sites (tertiary alicyclic amines) is 1. The number of piperidine rings is 1. The van der Waals surface area contributed by atoms with E-state index in [4.69, 9.17) is 4.74 Å². The van der Waals surface area contributed by atoms with Crippen LogP contribution in [0.2, 0.25) is 0 Å². The Kier molecular flexibility index (Phi) is 5.79. The Hall–Kier alpha value is -0.940. The Morgan fingerprint density at radius 3 is 2.84 bits per heavy atom. The molecule has 0 amide bonds. The molecule has 1 aliphatic rings. The third kappa shape index (κ3) is 5.28. The lowest BCUT2D eigenvalue weighted by molar-refractivity contribution is -0.00734. The van der Waals surface area contributed by atoms with Crippen LogP contribution in [0.5, 0.6) is 0 Å². The fourth-order valence-electron chi connectivity index (χ4n) is 2.43. The summed E-state index contributed by atoms with van der Waals surface area (Å²) in [6.07, 6.45) is 1.13. The maximum absolute atomic E-state index is 9.92. The summed E-state index contributed by atoms with van der Waals surface area (Å²) in [5, 5.41) is 19.5. The lowest BCUT2D eigenvalue weighted by Crippen LogP contribution is -2.43. The zero-order valence-electron chi connectivity index (χ0n) is 11.2. The minimum atomic E-state index is -0.492. The van der Waals surface area contributed by atoms with Crippen LogP contribution in [0.25, 0.3) is 0 Å². The standard InChI is InChI=1S/C15H23NO3/c17-14-7-4-8-16(9-14)10-15(18)12-19-11-13-5-2-1-3-6-13/h1-3,5-6,14-15,17-18H,4,7-12H2/t14-,15?/m0/s1. The van der Waals surface area contributed by atoms with Gasteiger partial charge in [0.2, 0.25) is 0 Å². The van der Waals surface area contributed by atoms with E-state index in [-0.39, 0.29) is 6.10 Å². The minimum Gasteiger partial charge on any atom is -0.392 e. The van der Waals surface area contributed by atoms with Crippen molar-refractivity contribution < 1.29 is 14.9 Å². The first-order valence-electron chi connectivity index (χ1n) is 6.94. The van der Waals surface area contributed by atoms with Gasteiger partial charge in [0.1, 0.15) is 0 Å². The van der Waals surface area contributed by atoms with Crippen LogP contribution in [0.3, 0.4) is 0 Å². The summed E-state index contributed by atoms with van der Waals surface area (Å²) < 4.78 is 5.51. The van der Waals surface area contributed by atoms with Crippen LogP contribution in [0.4, 0.5) is 0 Å². The van der Waals surface area contributed by atoms with Gasteiger partial charge < -0.3 is 14.9 Å². The summed E-state index contributed by atoms with van der Waals surface area (Å²) >= 11 is 0. The molecule has 1 saturated heterocycles. The molecule has 19 heavy (non-hydrogen) atoms. The second-order valence-electron chi connectivity index (χ2n) is 5.21. The summed E-state index contributed by atoms with van der Waals surface area (Å²) in [6, 6.07) is 9.94. The van der Waals surface area contributed by atoms with Crippen molar-refractivity contribution in [3.05, 3.63) is 35.9 Å². The highest BCUT2D eigenvalue weighted by molar-refractivity contribution is 5.13. The Balaban J connectivity index is 1.63. The minimum absolute atomic E-state index is 0.244. The number of nitrogens with zero attached hydrogens (tertiary/aromatic N) is 1. The largest absolute Gasteiger partial charge is 0.392 e. The number of β-amino-alcohol motifs (C(OH)–C–C–N with tert-alkyl or cyclic N) is 2. The second kappa shape index (κ2) is 7.60. The summed E-state index contributed by atoms with van der Waals surface area (Å²) in [5.41, 5.74) is 1.11. The van der Waals surface area contributed by atoms with Gasteiger partial charge in [0.05, 0.1) is 25.4 Å². The molecule has 2 rings (SSSR count). The molecule has 1 fully saturated rings. The smallest absolute Gasteiger partial charge is 0.0900 e. The molecule has 106 valence electrons. The molecule has 4 heteroatoms. The molecule has 0 bridgehead atoms. The summed E-state index contributed by atoms with van der Waals surface area (Å²) in [4.78, 5) is 2.10. The van der Waals surface area contributed by atoms with Gasteiger partial charge in [-0.1, -0.05) is 30.3 Å². The number of ether oxygens (including phenoxy) is 1. The molecule has 4 nitrogen and oxygen atoms in total. The summed E-state index contributed by atoms with van der Waals surface area (Å²) in [6.45, 7) is 3.05. The number of rotatable bonds is 6.